The summed E-state index contributed by atoms with van der Waals surface area (Å²) in [6, 6.07) is 3.31. The lowest BCUT2D eigenvalue weighted by molar-refractivity contribution is 0.0340. The summed E-state index contributed by atoms with van der Waals surface area (Å²) in [5, 5.41) is 6.95. The minimum Gasteiger partial charge on any atom is -0.457 e. The molecule has 7 nitrogen and oxygen atoms in total. The van der Waals surface area contributed by atoms with Crippen LogP contribution in [-0.4, -0.2) is 27.3 Å². The Balaban J connectivity index is 1.92. The predicted molar refractivity (Wildman–Crippen MR) is 69.6 cm³/mol. The molecule has 8 heteroatoms. The zero-order valence-corrected chi connectivity index (χ0v) is 11.4. The Morgan fingerprint density at radius 2 is 2.37 bits per heavy atom. The minimum atomic E-state index is -0.464. The van der Waals surface area contributed by atoms with E-state index in [-0.39, 0.29) is 17.8 Å². The van der Waals surface area contributed by atoms with Crippen LogP contribution in [0.25, 0.3) is 0 Å². The number of nitrogen functional groups attached to an aromatic ring is 1. The van der Waals surface area contributed by atoms with Gasteiger partial charge in [-0.15, -0.1) is 5.10 Å². The van der Waals surface area contributed by atoms with E-state index in [2.05, 4.69) is 15.2 Å². The Hall–Kier alpha value is -1.96. The van der Waals surface area contributed by atoms with Crippen LogP contribution >= 0.6 is 11.8 Å². The van der Waals surface area contributed by atoms with Gasteiger partial charge in [-0.05, 0) is 26.0 Å². The largest absolute Gasteiger partial charge is 0.457 e. The average Bonchev–Trinajstić information content (AvgIpc) is 2.94. The zero-order valence-electron chi connectivity index (χ0n) is 10.5. The summed E-state index contributed by atoms with van der Waals surface area (Å²) in [5.74, 6) is 1.14. The fourth-order valence-corrected chi connectivity index (χ4v) is 2.00. The van der Waals surface area contributed by atoms with E-state index in [4.69, 9.17) is 14.9 Å². The summed E-state index contributed by atoms with van der Waals surface area (Å²) in [4.78, 5) is 15.5. The molecule has 0 atom stereocenters. The fraction of sp³-hybridized carbons (Fsp3) is 0.364. The molecule has 0 aliphatic rings. The number of hydrogen-bond acceptors (Lipinski definition) is 7. The van der Waals surface area contributed by atoms with Crippen LogP contribution in [0.5, 0.6) is 0 Å². The molecule has 0 radical (unpaired) electrons. The van der Waals surface area contributed by atoms with Gasteiger partial charge in [-0.1, -0.05) is 11.8 Å². The Bertz CT molecular complexity index is 564. The summed E-state index contributed by atoms with van der Waals surface area (Å²) in [5.41, 5.74) is 5.41. The third kappa shape index (κ3) is 3.75. The number of nitrogens with zero attached hydrogens (tertiary/aromatic N) is 2. The third-order valence-corrected chi connectivity index (χ3v) is 2.90. The van der Waals surface area contributed by atoms with Crippen molar-refractivity contribution < 1.29 is 13.9 Å². The number of hydrogen-bond donors (Lipinski definition) is 2. The van der Waals surface area contributed by atoms with Crippen molar-refractivity contribution in [1.82, 2.24) is 15.2 Å². The smallest absolute Gasteiger partial charge is 0.374 e. The van der Waals surface area contributed by atoms with Crippen LogP contribution in [0.3, 0.4) is 0 Å². The first kappa shape index (κ1) is 13.5. The summed E-state index contributed by atoms with van der Waals surface area (Å²) >= 11 is 1.35. The molecule has 0 aromatic carbocycles. The first-order valence-corrected chi connectivity index (χ1v) is 6.63. The number of H-pyrrole nitrogens is 1. The van der Waals surface area contributed by atoms with Crippen molar-refractivity contribution in [3.8, 4) is 0 Å². The Kier molecular flexibility index (Phi) is 4.10. The standard InChI is InChI=1S/C11H14N4O3S/c1-6(2)17-9(16)8-4-3-7(18-8)5-19-11-13-10(12)14-15-11/h3-4,6H,5H2,1-2H3,(H3,12,13,14,15). The summed E-state index contributed by atoms with van der Waals surface area (Å²) < 4.78 is 10.4. The summed E-state index contributed by atoms with van der Waals surface area (Å²) in [7, 11) is 0. The van der Waals surface area contributed by atoms with Crippen LogP contribution in [0.15, 0.2) is 21.7 Å². The van der Waals surface area contributed by atoms with E-state index >= 15 is 0 Å². The Morgan fingerprint density at radius 3 is 3.00 bits per heavy atom. The monoisotopic (exact) mass is 282 g/mol. The fourth-order valence-electron chi connectivity index (χ4n) is 1.30. The molecular weight excluding hydrogens is 268 g/mol. The molecule has 102 valence electrons. The second-order valence-corrected chi connectivity index (χ2v) is 4.95. The van der Waals surface area contributed by atoms with Crippen molar-refractivity contribution >= 4 is 23.7 Å². The number of nitrogens with two attached hydrogens (primary N) is 1. The number of thioether (sulfide) groups is 1. The van der Waals surface area contributed by atoms with Crippen molar-refractivity contribution in [2.24, 2.45) is 0 Å². The Labute approximate surface area is 113 Å². The number of carbonyl (C=O) groups is 1. The van der Waals surface area contributed by atoms with E-state index in [1.165, 1.54) is 11.8 Å². The van der Waals surface area contributed by atoms with Gasteiger partial charge in [0.1, 0.15) is 5.76 Å². The van der Waals surface area contributed by atoms with Gasteiger partial charge in [0.15, 0.2) is 0 Å². The average molecular weight is 282 g/mol. The number of esters is 1. The molecule has 2 heterocycles. The lowest BCUT2D eigenvalue weighted by Gasteiger charge is -2.04. The van der Waals surface area contributed by atoms with Crippen molar-refractivity contribution in [3.05, 3.63) is 23.7 Å². The highest BCUT2D eigenvalue weighted by atomic mass is 32.2. The van der Waals surface area contributed by atoms with Crippen LogP contribution < -0.4 is 5.73 Å². The zero-order chi connectivity index (χ0) is 13.8. The van der Waals surface area contributed by atoms with Gasteiger partial charge < -0.3 is 14.9 Å². The van der Waals surface area contributed by atoms with Gasteiger partial charge in [0, 0.05) is 0 Å². The molecule has 2 aromatic heterocycles. The maximum absolute atomic E-state index is 11.6. The van der Waals surface area contributed by atoms with Crippen LogP contribution in [0.1, 0.15) is 30.2 Å². The molecule has 2 aromatic rings. The van der Waals surface area contributed by atoms with Crippen molar-refractivity contribution in [2.45, 2.75) is 30.9 Å². The van der Waals surface area contributed by atoms with E-state index in [1.807, 2.05) is 0 Å². The first-order valence-electron chi connectivity index (χ1n) is 5.65. The first-order chi connectivity index (χ1) is 9.04. The summed E-state index contributed by atoms with van der Waals surface area (Å²) in [6.07, 6.45) is -0.174. The quantitative estimate of drug-likeness (QED) is 0.636. The van der Waals surface area contributed by atoms with Gasteiger partial charge in [-0.3, -0.25) is 0 Å². The highest BCUT2D eigenvalue weighted by molar-refractivity contribution is 7.98. The second-order valence-electron chi connectivity index (χ2n) is 4.01. The van der Waals surface area contributed by atoms with Crippen molar-refractivity contribution in [1.29, 1.82) is 0 Å². The van der Waals surface area contributed by atoms with Crippen LogP contribution in [0, 0.1) is 0 Å². The van der Waals surface area contributed by atoms with E-state index < -0.39 is 5.97 Å². The number of rotatable bonds is 5. The third-order valence-electron chi connectivity index (χ3n) is 2.03. The molecule has 0 amide bonds. The van der Waals surface area contributed by atoms with E-state index in [0.717, 1.165) is 0 Å². The van der Waals surface area contributed by atoms with Gasteiger partial charge in [0.05, 0.1) is 11.9 Å². The molecule has 0 unspecified atom stereocenters. The van der Waals surface area contributed by atoms with E-state index in [9.17, 15) is 4.79 Å². The van der Waals surface area contributed by atoms with Crippen molar-refractivity contribution in [2.75, 3.05) is 5.73 Å². The molecule has 0 fully saturated rings. The number of carbonyl (C=O) groups excluding carboxylic acids is 1. The van der Waals surface area contributed by atoms with Crippen LogP contribution in [-0.2, 0) is 10.5 Å². The highest BCUT2D eigenvalue weighted by Crippen LogP contribution is 2.21. The van der Waals surface area contributed by atoms with Gasteiger partial charge in [-0.25, -0.2) is 9.89 Å². The predicted octanol–water partition coefficient (Wildman–Crippen LogP) is 1.84. The minimum absolute atomic E-state index is 0.174. The maximum Gasteiger partial charge on any atom is 0.374 e. The SMILES string of the molecule is CC(C)OC(=O)c1ccc(CSc2n[nH]c(N)n2)o1. The molecule has 0 aliphatic carbocycles. The van der Waals surface area contributed by atoms with Crippen LogP contribution in [0.4, 0.5) is 5.95 Å². The molecule has 3 N–H and O–H groups in total. The molecule has 2 rings (SSSR count). The number of furan rings is 1. The lowest BCUT2D eigenvalue weighted by atomic mass is 10.4. The van der Waals surface area contributed by atoms with Crippen LogP contribution in [0.2, 0.25) is 0 Å². The van der Waals surface area contributed by atoms with E-state index in [0.29, 0.717) is 16.7 Å². The number of aromatic amines is 1. The highest BCUT2D eigenvalue weighted by Gasteiger charge is 2.14. The molecule has 0 aliphatic heterocycles. The maximum atomic E-state index is 11.6. The number of ether oxygens (including phenoxy) is 1. The molecule has 0 bridgehead atoms. The van der Waals surface area contributed by atoms with E-state index in [1.54, 1.807) is 26.0 Å². The molecule has 0 saturated heterocycles. The van der Waals surface area contributed by atoms with Gasteiger partial charge >= 0.3 is 5.97 Å². The van der Waals surface area contributed by atoms with Gasteiger partial charge in [0.25, 0.3) is 0 Å². The van der Waals surface area contributed by atoms with Crippen molar-refractivity contribution in [3.63, 3.8) is 0 Å². The number of nitrogens with one attached hydrogen (secondary N) is 1. The Morgan fingerprint density at radius 1 is 1.58 bits per heavy atom. The number of aromatic nitrogens is 3. The second kappa shape index (κ2) is 5.79. The lowest BCUT2D eigenvalue weighted by Crippen LogP contribution is -2.10. The van der Waals surface area contributed by atoms with Gasteiger partial charge in [0.2, 0.25) is 16.9 Å². The normalized spacial score (nSPS) is 10.9. The summed E-state index contributed by atoms with van der Waals surface area (Å²) in [6.45, 7) is 3.57. The molecule has 0 saturated carbocycles. The topological polar surface area (TPSA) is 107 Å². The molecular formula is C11H14N4O3S. The number of anilines is 1. The van der Waals surface area contributed by atoms with Gasteiger partial charge in [-0.2, -0.15) is 4.98 Å². The molecule has 0 spiro atoms. The molecule has 19 heavy (non-hydrogen) atoms.